The number of carbonyl (C=O) groups is 1. The molecule has 3 heterocycles. The van der Waals surface area contributed by atoms with Gasteiger partial charge in [-0.15, -0.1) is 0 Å². The van der Waals surface area contributed by atoms with Gasteiger partial charge in [-0.2, -0.15) is 0 Å². The van der Waals surface area contributed by atoms with E-state index in [9.17, 15) is 4.79 Å². The van der Waals surface area contributed by atoms with Crippen LogP contribution in [-0.4, -0.2) is 37.3 Å². The second-order valence-electron chi connectivity index (χ2n) is 7.51. The van der Waals surface area contributed by atoms with Crippen LogP contribution in [-0.2, 0) is 6.54 Å². The first kappa shape index (κ1) is 17.6. The third-order valence-corrected chi connectivity index (χ3v) is 5.65. The number of fused-ring (bicyclic) bond motifs is 2. The lowest BCUT2D eigenvalue weighted by atomic mass is 9.90. The second-order valence-corrected chi connectivity index (χ2v) is 7.51. The summed E-state index contributed by atoms with van der Waals surface area (Å²) in [5.74, 6) is 0.0494. The van der Waals surface area contributed by atoms with E-state index >= 15 is 0 Å². The van der Waals surface area contributed by atoms with Gasteiger partial charge in [0.25, 0.3) is 5.91 Å². The minimum atomic E-state index is -0.00638. The summed E-state index contributed by atoms with van der Waals surface area (Å²) in [6, 6.07) is 15.8. The van der Waals surface area contributed by atoms with Gasteiger partial charge in [0.1, 0.15) is 0 Å². The van der Waals surface area contributed by atoms with Crippen LogP contribution in [0.4, 0.5) is 0 Å². The van der Waals surface area contributed by atoms with E-state index in [2.05, 4.69) is 32.1 Å². The van der Waals surface area contributed by atoms with Gasteiger partial charge in [-0.1, -0.05) is 30.3 Å². The van der Waals surface area contributed by atoms with Crippen molar-refractivity contribution in [1.29, 1.82) is 0 Å². The molecule has 0 spiro atoms. The average Bonchev–Trinajstić information content (AvgIpc) is 3.22. The molecule has 1 atom stereocenters. The Kier molecular flexibility index (Phi) is 4.12. The van der Waals surface area contributed by atoms with E-state index in [0.717, 1.165) is 39.4 Å². The molecule has 1 amide bonds. The smallest absolute Gasteiger partial charge is 0.254 e. The van der Waals surface area contributed by atoms with Crippen molar-refractivity contribution in [2.75, 3.05) is 6.54 Å². The molecule has 0 saturated carbocycles. The molecule has 0 saturated heterocycles. The predicted molar refractivity (Wildman–Crippen MR) is 111 cm³/mol. The number of amides is 1. The van der Waals surface area contributed by atoms with Crippen LogP contribution in [0.25, 0.3) is 11.0 Å². The molecule has 29 heavy (non-hydrogen) atoms. The van der Waals surface area contributed by atoms with E-state index in [-0.39, 0.29) is 11.8 Å². The third-order valence-electron chi connectivity index (χ3n) is 5.65. The SMILES string of the molecule is Cc1nc2ccc(C(=O)N3Cc4[nH]cnc4C(c4ccccc4)C3)cc2nc1C. The van der Waals surface area contributed by atoms with Crippen LogP contribution >= 0.6 is 0 Å². The summed E-state index contributed by atoms with van der Waals surface area (Å²) in [5.41, 5.74) is 7.15. The number of imidazole rings is 1. The molecule has 0 radical (unpaired) electrons. The Labute approximate surface area is 168 Å². The lowest BCUT2D eigenvalue weighted by molar-refractivity contribution is 0.0722. The van der Waals surface area contributed by atoms with Gasteiger partial charge < -0.3 is 9.88 Å². The minimum Gasteiger partial charge on any atom is -0.347 e. The minimum absolute atomic E-state index is 0.00638. The quantitative estimate of drug-likeness (QED) is 0.572. The molecule has 0 bridgehead atoms. The van der Waals surface area contributed by atoms with E-state index < -0.39 is 0 Å². The molecule has 2 aromatic carbocycles. The maximum Gasteiger partial charge on any atom is 0.254 e. The van der Waals surface area contributed by atoms with Gasteiger partial charge in [0.15, 0.2) is 0 Å². The Hall–Kier alpha value is -3.54. The Bertz CT molecular complexity index is 1210. The third kappa shape index (κ3) is 3.06. The average molecular weight is 383 g/mol. The highest BCUT2D eigenvalue weighted by atomic mass is 16.2. The molecular formula is C23H21N5O. The molecule has 4 aromatic rings. The molecule has 2 aromatic heterocycles. The van der Waals surface area contributed by atoms with Crippen LogP contribution in [0.2, 0.25) is 0 Å². The van der Waals surface area contributed by atoms with E-state index in [4.69, 9.17) is 0 Å². The van der Waals surface area contributed by atoms with Crippen LogP contribution in [0.1, 0.15) is 44.6 Å². The highest BCUT2D eigenvalue weighted by Crippen LogP contribution is 2.32. The molecule has 0 aliphatic carbocycles. The summed E-state index contributed by atoms with van der Waals surface area (Å²) in [4.78, 5) is 32.1. The summed E-state index contributed by atoms with van der Waals surface area (Å²) < 4.78 is 0. The first-order valence-corrected chi connectivity index (χ1v) is 9.71. The number of aromatic amines is 1. The van der Waals surface area contributed by atoms with Crippen molar-refractivity contribution in [2.45, 2.75) is 26.3 Å². The summed E-state index contributed by atoms with van der Waals surface area (Å²) >= 11 is 0. The van der Waals surface area contributed by atoms with Gasteiger partial charge in [-0.05, 0) is 37.6 Å². The van der Waals surface area contributed by atoms with Crippen LogP contribution in [0.5, 0.6) is 0 Å². The molecule has 6 heteroatoms. The first-order valence-electron chi connectivity index (χ1n) is 9.71. The lowest BCUT2D eigenvalue weighted by Crippen LogP contribution is -2.38. The van der Waals surface area contributed by atoms with Gasteiger partial charge >= 0.3 is 0 Å². The molecule has 5 rings (SSSR count). The van der Waals surface area contributed by atoms with Crippen LogP contribution < -0.4 is 0 Å². The van der Waals surface area contributed by atoms with Crippen molar-refractivity contribution in [3.8, 4) is 0 Å². The zero-order valence-electron chi connectivity index (χ0n) is 16.4. The normalized spacial score (nSPS) is 16.1. The molecule has 6 nitrogen and oxygen atoms in total. The Balaban J connectivity index is 1.50. The van der Waals surface area contributed by atoms with Crippen molar-refractivity contribution in [2.24, 2.45) is 0 Å². The summed E-state index contributed by atoms with van der Waals surface area (Å²) in [5, 5.41) is 0. The molecule has 1 unspecified atom stereocenters. The lowest BCUT2D eigenvalue weighted by Gasteiger charge is -2.32. The Morgan fingerprint density at radius 2 is 1.79 bits per heavy atom. The topological polar surface area (TPSA) is 74.8 Å². The standard InChI is InChI=1S/C23H21N5O/c1-14-15(2)27-20-10-17(8-9-19(20)26-14)23(29)28-11-18(16-6-4-3-5-7-16)22-21(12-28)24-13-25-22/h3-10,13,18H,11-12H2,1-2H3,(H,24,25). The van der Waals surface area contributed by atoms with Gasteiger partial charge in [-0.25, -0.2) is 15.0 Å². The van der Waals surface area contributed by atoms with Crippen LogP contribution in [0.15, 0.2) is 54.9 Å². The van der Waals surface area contributed by atoms with Crippen molar-refractivity contribution in [3.05, 3.63) is 88.8 Å². The zero-order chi connectivity index (χ0) is 20.0. The molecule has 1 aliphatic heterocycles. The van der Waals surface area contributed by atoms with Gasteiger partial charge in [0, 0.05) is 18.0 Å². The van der Waals surface area contributed by atoms with Gasteiger partial charge in [-0.3, -0.25) is 4.79 Å². The van der Waals surface area contributed by atoms with Crippen LogP contribution in [0.3, 0.4) is 0 Å². The number of nitrogens with zero attached hydrogens (tertiary/aromatic N) is 4. The van der Waals surface area contributed by atoms with Crippen molar-refractivity contribution in [3.63, 3.8) is 0 Å². The fraction of sp³-hybridized carbons (Fsp3) is 0.217. The van der Waals surface area contributed by atoms with Crippen LogP contribution in [0, 0.1) is 13.8 Å². The fourth-order valence-corrected chi connectivity index (χ4v) is 3.97. The number of hydrogen-bond acceptors (Lipinski definition) is 4. The largest absolute Gasteiger partial charge is 0.347 e. The summed E-state index contributed by atoms with van der Waals surface area (Å²) in [6.45, 7) is 5.00. The van der Waals surface area contributed by atoms with E-state index in [1.54, 1.807) is 6.33 Å². The summed E-state index contributed by atoms with van der Waals surface area (Å²) in [6.07, 6.45) is 1.71. The highest BCUT2D eigenvalue weighted by Gasteiger charge is 2.31. The molecule has 1 aliphatic rings. The molecule has 1 N–H and O–H groups in total. The number of hydrogen-bond donors (Lipinski definition) is 1. The number of rotatable bonds is 2. The Morgan fingerprint density at radius 3 is 2.59 bits per heavy atom. The van der Waals surface area contributed by atoms with Gasteiger partial charge in [0.2, 0.25) is 0 Å². The van der Waals surface area contributed by atoms with Gasteiger partial charge in [0.05, 0.1) is 46.7 Å². The number of benzene rings is 2. The number of carbonyl (C=O) groups excluding carboxylic acids is 1. The van der Waals surface area contributed by atoms with E-state index in [0.29, 0.717) is 18.7 Å². The zero-order valence-corrected chi connectivity index (χ0v) is 16.4. The number of aryl methyl sites for hydroxylation is 2. The number of H-pyrrole nitrogens is 1. The van der Waals surface area contributed by atoms with Crippen molar-refractivity contribution in [1.82, 2.24) is 24.8 Å². The second kappa shape index (κ2) is 6.81. The van der Waals surface area contributed by atoms with E-state index in [1.165, 1.54) is 0 Å². The molecule has 144 valence electrons. The molecular weight excluding hydrogens is 362 g/mol. The maximum atomic E-state index is 13.3. The van der Waals surface area contributed by atoms with Crippen molar-refractivity contribution < 1.29 is 4.79 Å². The van der Waals surface area contributed by atoms with E-state index in [1.807, 2.05) is 55.1 Å². The predicted octanol–water partition coefficient (Wildman–Crippen LogP) is 3.76. The summed E-state index contributed by atoms with van der Waals surface area (Å²) in [7, 11) is 0. The number of nitrogens with one attached hydrogen (secondary N) is 1. The first-order chi connectivity index (χ1) is 14.1. The molecule has 0 fully saturated rings. The highest BCUT2D eigenvalue weighted by molar-refractivity contribution is 5.97. The Morgan fingerprint density at radius 1 is 1.03 bits per heavy atom. The monoisotopic (exact) mass is 383 g/mol. The maximum absolute atomic E-state index is 13.3. The number of aromatic nitrogens is 4. The van der Waals surface area contributed by atoms with Crippen molar-refractivity contribution >= 4 is 16.9 Å². The fourth-order valence-electron chi connectivity index (χ4n) is 3.97.